The van der Waals surface area contributed by atoms with Crippen LogP contribution in [-0.4, -0.2) is 47.8 Å². The smallest absolute Gasteiger partial charge is 0.323 e. The minimum Gasteiger partial charge on any atom is -0.468 e. The zero-order chi connectivity index (χ0) is 12.3. The fraction of sp³-hybridized carbons (Fsp3) is 0.923. The van der Waals surface area contributed by atoms with Crippen LogP contribution in [0.2, 0.25) is 0 Å². The summed E-state index contributed by atoms with van der Waals surface area (Å²) in [6.45, 7) is 1.54. The van der Waals surface area contributed by atoms with Gasteiger partial charge in [-0.3, -0.25) is 9.69 Å². The monoisotopic (exact) mass is 241 g/mol. The van der Waals surface area contributed by atoms with Crippen LogP contribution < -0.4 is 0 Å². The largest absolute Gasteiger partial charge is 0.468 e. The fourth-order valence-corrected chi connectivity index (χ4v) is 3.16. The van der Waals surface area contributed by atoms with E-state index in [9.17, 15) is 9.90 Å². The van der Waals surface area contributed by atoms with E-state index in [1.165, 1.54) is 13.5 Å². The Morgan fingerprint density at radius 1 is 1.35 bits per heavy atom. The number of esters is 1. The molecule has 0 aromatic carbocycles. The molecule has 1 heterocycles. The van der Waals surface area contributed by atoms with Crippen LogP contribution in [0.25, 0.3) is 0 Å². The number of β-amino-alcohol motifs (C(OH)–C–C–N with tert-alkyl or cyclic N) is 1. The van der Waals surface area contributed by atoms with E-state index in [0.29, 0.717) is 6.54 Å². The van der Waals surface area contributed by atoms with Crippen molar-refractivity contribution in [3.63, 3.8) is 0 Å². The standard InChI is InChI=1S/C13H23NO3/c1-17-12(15)11-6-5-9-14(11)10-13(16)7-3-2-4-8-13/h11,16H,2-10H2,1H3. The van der Waals surface area contributed by atoms with E-state index in [-0.39, 0.29) is 12.0 Å². The van der Waals surface area contributed by atoms with Gasteiger partial charge >= 0.3 is 5.97 Å². The molecule has 4 heteroatoms. The van der Waals surface area contributed by atoms with Gasteiger partial charge in [0.15, 0.2) is 0 Å². The second-order valence-electron chi connectivity index (χ2n) is 5.44. The van der Waals surface area contributed by atoms with Crippen LogP contribution in [0.3, 0.4) is 0 Å². The van der Waals surface area contributed by atoms with Gasteiger partial charge in [0.05, 0.1) is 12.7 Å². The first-order chi connectivity index (χ1) is 8.14. The summed E-state index contributed by atoms with van der Waals surface area (Å²) in [6, 6.07) is -0.133. The summed E-state index contributed by atoms with van der Waals surface area (Å²) >= 11 is 0. The predicted octanol–water partition coefficient (Wildman–Crippen LogP) is 1.32. The SMILES string of the molecule is COC(=O)C1CCCN1CC1(O)CCCCC1. The quantitative estimate of drug-likeness (QED) is 0.757. The van der Waals surface area contributed by atoms with Crippen molar-refractivity contribution < 1.29 is 14.6 Å². The summed E-state index contributed by atoms with van der Waals surface area (Å²) in [4.78, 5) is 13.7. The van der Waals surface area contributed by atoms with Gasteiger partial charge in [0, 0.05) is 6.54 Å². The van der Waals surface area contributed by atoms with Gasteiger partial charge in [-0.2, -0.15) is 0 Å². The van der Waals surface area contributed by atoms with Crippen molar-refractivity contribution in [2.45, 2.75) is 56.6 Å². The van der Waals surface area contributed by atoms with Crippen LogP contribution in [-0.2, 0) is 9.53 Å². The molecule has 1 aliphatic carbocycles. The molecule has 2 rings (SSSR count). The van der Waals surface area contributed by atoms with Crippen molar-refractivity contribution in [1.82, 2.24) is 4.90 Å². The molecular formula is C13H23NO3. The molecule has 1 saturated heterocycles. The molecule has 1 atom stereocenters. The molecule has 0 radical (unpaired) electrons. The molecule has 1 aliphatic heterocycles. The number of likely N-dealkylation sites (tertiary alicyclic amines) is 1. The number of aliphatic hydroxyl groups is 1. The zero-order valence-corrected chi connectivity index (χ0v) is 10.7. The van der Waals surface area contributed by atoms with Gasteiger partial charge in [-0.15, -0.1) is 0 Å². The van der Waals surface area contributed by atoms with Crippen molar-refractivity contribution in [1.29, 1.82) is 0 Å². The van der Waals surface area contributed by atoms with E-state index in [2.05, 4.69) is 4.90 Å². The molecule has 1 saturated carbocycles. The van der Waals surface area contributed by atoms with Crippen molar-refractivity contribution in [2.24, 2.45) is 0 Å². The van der Waals surface area contributed by atoms with Crippen molar-refractivity contribution in [3.05, 3.63) is 0 Å². The highest BCUT2D eigenvalue weighted by atomic mass is 16.5. The number of hydrogen-bond acceptors (Lipinski definition) is 4. The van der Waals surface area contributed by atoms with E-state index in [4.69, 9.17) is 4.74 Å². The van der Waals surface area contributed by atoms with Gasteiger partial charge in [-0.05, 0) is 32.2 Å². The maximum atomic E-state index is 11.6. The number of rotatable bonds is 3. The average molecular weight is 241 g/mol. The number of carbonyl (C=O) groups is 1. The lowest BCUT2D eigenvalue weighted by Crippen LogP contribution is -2.48. The van der Waals surface area contributed by atoms with Gasteiger partial charge in [-0.25, -0.2) is 0 Å². The van der Waals surface area contributed by atoms with Crippen LogP contribution in [0.5, 0.6) is 0 Å². The normalized spacial score (nSPS) is 29.2. The fourth-order valence-electron chi connectivity index (χ4n) is 3.16. The van der Waals surface area contributed by atoms with E-state index in [1.807, 2.05) is 0 Å². The van der Waals surface area contributed by atoms with Crippen molar-refractivity contribution in [3.8, 4) is 0 Å². The Balaban J connectivity index is 1.94. The minimum absolute atomic E-state index is 0.133. The van der Waals surface area contributed by atoms with Crippen LogP contribution in [0.15, 0.2) is 0 Å². The summed E-state index contributed by atoms with van der Waals surface area (Å²) in [6.07, 6.45) is 7.07. The Hall–Kier alpha value is -0.610. The minimum atomic E-state index is -0.575. The van der Waals surface area contributed by atoms with Gasteiger partial charge in [0.25, 0.3) is 0 Å². The predicted molar refractivity (Wildman–Crippen MR) is 64.6 cm³/mol. The highest BCUT2D eigenvalue weighted by Gasteiger charge is 2.38. The highest BCUT2D eigenvalue weighted by Crippen LogP contribution is 2.31. The highest BCUT2D eigenvalue weighted by molar-refractivity contribution is 5.75. The lowest BCUT2D eigenvalue weighted by molar-refractivity contribution is -0.147. The molecule has 1 unspecified atom stereocenters. The molecule has 0 aromatic rings. The second kappa shape index (κ2) is 5.36. The molecule has 1 N–H and O–H groups in total. The lowest BCUT2D eigenvalue weighted by atomic mass is 9.84. The third kappa shape index (κ3) is 2.99. The van der Waals surface area contributed by atoms with E-state index in [1.54, 1.807) is 0 Å². The molecule has 2 aliphatic rings. The number of nitrogens with zero attached hydrogens (tertiary/aromatic N) is 1. The Morgan fingerprint density at radius 2 is 2.06 bits per heavy atom. The molecule has 4 nitrogen and oxygen atoms in total. The Morgan fingerprint density at radius 3 is 2.71 bits per heavy atom. The van der Waals surface area contributed by atoms with Gasteiger partial charge in [0.2, 0.25) is 0 Å². The Kier molecular flexibility index (Phi) is 4.05. The first-order valence-corrected chi connectivity index (χ1v) is 6.69. The Labute approximate surface area is 103 Å². The molecular weight excluding hydrogens is 218 g/mol. The average Bonchev–Trinajstić information content (AvgIpc) is 2.76. The number of carbonyl (C=O) groups excluding carboxylic acids is 1. The molecule has 0 spiro atoms. The van der Waals surface area contributed by atoms with E-state index >= 15 is 0 Å². The Bertz CT molecular complexity index is 274. The molecule has 17 heavy (non-hydrogen) atoms. The zero-order valence-electron chi connectivity index (χ0n) is 10.7. The van der Waals surface area contributed by atoms with Crippen LogP contribution in [0.1, 0.15) is 44.9 Å². The summed E-state index contributed by atoms with van der Waals surface area (Å²) in [5.41, 5.74) is -0.575. The van der Waals surface area contributed by atoms with Crippen LogP contribution >= 0.6 is 0 Å². The van der Waals surface area contributed by atoms with E-state index < -0.39 is 5.60 Å². The number of ether oxygens (including phenoxy) is 1. The molecule has 0 aromatic heterocycles. The summed E-state index contributed by atoms with van der Waals surface area (Å²) in [5, 5.41) is 10.5. The first-order valence-electron chi connectivity index (χ1n) is 6.69. The number of hydrogen-bond donors (Lipinski definition) is 1. The third-order valence-corrected chi connectivity index (χ3v) is 4.12. The van der Waals surface area contributed by atoms with Gasteiger partial charge < -0.3 is 9.84 Å². The third-order valence-electron chi connectivity index (χ3n) is 4.12. The van der Waals surface area contributed by atoms with Crippen LogP contribution in [0, 0.1) is 0 Å². The summed E-state index contributed by atoms with van der Waals surface area (Å²) in [7, 11) is 1.44. The molecule has 0 amide bonds. The van der Waals surface area contributed by atoms with Gasteiger partial charge in [0.1, 0.15) is 6.04 Å². The summed E-state index contributed by atoms with van der Waals surface area (Å²) < 4.78 is 4.82. The first kappa shape index (κ1) is 12.8. The second-order valence-corrected chi connectivity index (χ2v) is 5.44. The lowest BCUT2D eigenvalue weighted by Gasteiger charge is -2.37. The maximum Gasteiger partial charge on any atom is 0.323 e. The van der Waals surface area contributed by atoms with Crippen molar-refractivity contribution >= 4 is 5.97 Å². The van der Waals surface area contributed by atoms with Crippen LogP contribution in [0.4, 0.5) is 0 Å². The van der Waals surface area contributed by atoms with E-state index in [0.717, 1.165) is 45.1 Å². The molecule has 98 valence electrons. The maximum absolute atomic E-state index is 11.6. The van der Waals surface area contributed by atoms with Crippen molar-refractivity contribution in [2.75, 3.05) is 20.2 Å². The summed E-state index contributed by atoms with van der Waals surface area (Å²) in [5.74, 6) is -0.151. The number of methoxy groups -OCH3 is 1. The molecule has 0 bridgehead atoms. The van der Waals surface area contributed by atoms with Gasteiger partial charge in [-0.1, -0.05) is 19.3 Å². The topological polar surface area (TPSA) is 49.8 Å². The molecule has 2 fully saturated rings.